The molecule has 1 fully saturated rings. The van der Waals surface area contributed by atoms with Crippen molar-refractivity contribution >= 4 is 21.8 Å². The van der Waals surface area contributed by atoms with E-state index in [2.05, 4.69) is 33.4 Å². The van der Waals surface area contributed by atoms with Crippen LogP contribution in [0.1, 0.15) is 49.3 Å². The summed E-state index contributed by atoms with van der Waals surface area (Å²) < 4.78 is 1.16. The lowest BCUT2D eigenvalue weighted by atomic mass is 9.99. The van der Waals surface area contributed by atoms with Gasteiger partial charge in [0.1, 0.15) is 0 Å². The summed E-state index contributed by atoms with van der Waals surface area (Å²) in [4.78, 5) is 12.2. The highest BCUT2D eigenvalue weighted by Gasteiger charge is 2.29. The summed E-state index contributed by atoms with van der Waals surface area (Å²) >= 11 is 3.59. The fourth-order valence-corrected chi connectivity index (χ4v) is 4.15. The van der Waals surface area contributed by atoms with Gasteiger partial charge in [0.15, 0.2) is 0 Å². The summed E-state index contributed by atoms with van der Waals surface area (Å²) in [5, 5.41) is 3.19. The van der Waals surface area contributed by atoms with Crippen molar-refractivity contribution in [2.24, 2.45) is 11.7 Å². The Balaban J connectivity index is 1.62. The van der Waals surface area contributed by atoms with Crippen molar-refractivity contribution in [1.82, 2.24) is 5.32 Å². The van der Waals surface area contributed by atoms with E-state index in [1.165, 1.54) is 17.5 Å². The van der Waals surface area contributed by atoms with Crippen LogP contribution < -0.4 is 11.1 Å². The Morgan fingerprint density at radius 1 is 1.35 bits per heavy atom. The van der Waals surface area contributed by atoms with Crippen LogP contribution in [0.25, 0.3) is 0 Å². The fraction of sp³-hybridized carbons (Fsp3) is 0.562. The highest BCUT2D eigenvalue weighted by atomic mass is 79.9. The molecule has 0 spiro atoms. The van der Waals surface area contributed by atoms with Crippen LogP contribution in [-0.2, 0) is 11.2 Å². The lowest BCUT2D eigenvalue weighted by molar-refractivity contribution is -0.122. The van der Waals surface area contributed by atoms with Crippen LogP contribution in [-0.4, -0.2) is 11.9 Å². The first-order valence-electron chi connectivity index (χ1n) is 7.47. The number of carbonyl (C=O) groups excluding carboxylic acids is 1. The Bertz CT molecular complexity index is 517. The second-order valence-corrected chi connectivity index (χ2v) is 6.88. The van der Waals surface area contributed by atoms with Crippen molar-refractivity contribution in [2.45, 2.75) is 50.6 Å². The van der Waals surface area contributed by atoms with Gasteiger partial charge in [-0.3, -0.25) is 4.79 Å². The number of halogens is 1. The molecule has 20 heavy (non-hydrogen) atoms. The molecule has 1 aromatic rings. The van der Waals surface area contributed by atoms with Gasteiger partial charge in [0.2, 0.25) is 5.91 Å². The van der Waals surface area contributed by atoms with Crippen LogP contribution in [0.3, 0.4) is 0 Å². The predicted octanol–water partition coefficient (Wildman–Crippen LogP) is 3.07. The van der Waals surface area contributed by atoms with Crippen LogP contribution in [0.2, 0.25) is 0 Å². The van der Waals surface area contributed by atoms with Crippen molar-refractivity contribution in [3.8, 4) is 0 Å². The second kappa shape index (κ2) is 5.86. The molecule has 3 N–H and O–H groups in total. The van der Waals surface area contributed by atoms with Gasteiger partial charge in [0, 0.05) is 16.9 Å². The average Bonchev–Trinajstić information content (AvgIpc) is 2.99. The Hall–Kier alpha value is -0.870. The quantitative estimate of drug-likeness (QED) is 0.891. The number of rotatable bonds is 3. The predicted molar refractivity (Wildman–Crippen MR) is 83.3 cm³/mol. The van der Waals surface area contributed by atoms with Crippen LogP contribution in [0.4, 0.5) is 0 Å². The van der Waals surface area contributed by atoms with Crippen molar-refractivity contribution in [3.05, 3.63) is 33.8 Å². The minimum atomic E-state index is 0.158. The van der Waals surface area contributed by atoms with E-state index >= 15 is 0 Å². The highest BCUT2D eigenvalue weighted by molar-refractivity contribution is 9.10. The third kappa shape index (κ3) is 2.77. The van der Waals surface area contributed by atoms with Crippen LogP contribution in [0.15, 0.2) is 22.7 Å². The van der Waals surface area contributed by atoms with E-state index in [1.807, 2.05) is 6.07 Å². The number of benzene rings is 1. The number of nitrogens with two attached hydrogens (primary N) is 1. The van der Waals surface area contributed by atoms with Gasteiger partial charge in [-0.15, -0.1) is 0 Å². The fourth-order valence-electron chi connectivity index (χ4n) is 3.57. The van der Waals surface area contributed by atoms with E-state index in [1.54, 1.807) is 0 Å². The van der Waals surface area contributed by atoms with Crippen LogP contribution >= 0.6 is 15.9 Å². The molecule has 2 aliphatic carbocycles. The number of hydrogen-bond donors (Lipinski definition) is 2. The molecular formula is C16H21BrN2O. The van der Waals surface area contributed by atoms with Crippen molar-refractivity contribution in [2.75, 3.05) is 0 Å². The molecule has 0 radical (unpaired) electrons. The van der Waals surface area contributed by atoms with Crippen LogP contribution in [0.5, 0.6) is 0 Å². The van der Waals surface area contributed by atoms with Crippen molar-refractivity contribution < 1.29 is 4.79 Å². The Morgan fingerprint density at radius 3 is 2.95 bits per heavy atom. The highest BCUT2D eigenvalue weighted by Crippen LogP contribution is 2.36. The molecule has 108 valence electrons. The third-order valence-corrected chi connectivity index (χ3v) is 5.46. The Kier molecular flexibility index (Phi) is 4.13. The maximum atomic E-state index is 12.2. The molecule has 0 aliphatic heterocycles. The summed E-state index contributed by atoms with van der Waals surface area (Å²) in [7, 11) is 0. The Labute approximate surface area is 128 Å². The van der Waals surface area contributed by atoms with E-state index < -0.39 is 0 Å². The number of nitrogens with one attached hydrogen (secondary N) is 1. The summed E-state index contributed by atoms with van der Waals surface area (Å²) in [5.41, 5.74) is 8.66. The summed E-state index contributed by atoms with van der Waals surface area (Å²) in [6.07, 6.45) is 5.95. The number of carbonyl (C=O) groups is 1. The number of amides is 1. The second-order valence-electron chi connectivity index (χ2n) is 6.03. The van der Waals surface area contributed by atoms with Gasteiger partial charge in [-0.1, -0.05) is 34.5 Å². The minimum Gasteiger partial charge on any atom is -0.349 e. The maximum absolute atomic E-state index is 12.2. The van der Waals surface area contributed by atoms with Gasteiger partial charge in [0.05, 0.1) is 6.04 Å². The minimum absolute atomic E-state index is 0.158. The first-order valence-corrected chi connectivity index (χ1v) is 8.26. The first kappa shape index (κ1) is 14.1. The van der Waals surface area contributed by atoms with E-state index in [9.17, 15) is 4.79 Å². The zero-order valence-electron chi connectivity index (χ0n) is 11.6. The molecule has 0 heterocycles. The topological polar surface area (TPSA) is 55.1 Å². The van der Waals surface area contributed by atoms with Gasteiger partial charge >= 0.3 is 0 Å². The molecular weight excluding hydrogens is 316 g/mol. The largest absolute Gasteiger partial charge is 0.349 e. The number of fused-ring (bicyclic) bond motifs is 1. The standard InChI is InChI=1S/C16H21BrN2O/c17-13-5-2-4-12-11(13)7-8-15(12)19-16(20)9-10-3-1-6-14(10)18/h2,4-5,10,14-15H,1,3,6-9,18H2,(H,19,20)/t10-,14+,15?/m0/s1. The maximum Gasteiger partial charge on any atom is 0.220 e. The van der Waals surface area contributed by atoms with Gasteiger partial charge in [-0.25, -0.2) is 0 Å². The molecule has 0 aromatic heterocycles. The van der Waals surface area contributed by atoms with Gasteiger partial charge < -0.3 is 11.1 Å². The molecule has 1 aromatic carbocycles. The zero-order valence-corrected chi connectivity index (χ0v) is 13.2. The molecule has 1 amide bonds. The van der Waals surface area contributed by atoms with Gasteiger partial charge in [0.25, 0.3) is 0 Å². The average molecular weight is 337 g/mol. The molecule has 3 nitrogen and oxygen atoms in total. The van der Waals surface area contributed by atoms with E-state index in [0.717, 1.165) is 30.2 Å². The molecule has 0 saturated heterocycles. The molecule has 4 heteroatoms. The van der Waals surface area contributed by atoms with E-state index in [-0.39, 0.29) is 18.0 Å². The first-order chi connectivity index (χ1) is 9.65. The summed E-state index contributed by atoms with van der Waals surface area (Å²) in [6, 6.07) is 6.62. The van der Waals surface area contributed by atoms with E-state index in [0.29, 0.717) is 12.3 Å². The van der Waals surface area contributed by atoms with Crippen molar-refractivity contribution in [1.29, 1.82) is 0 Å². The lowest BCUT2D eigenvalue weighted by Gasteiger charge is -2.18. The molecule has 3 atom stereocenters. The van der Waals surface area contributed by atoms with Crippen molar-refractivity contribution in [3.63, 3.8) is 0 Å². The normalized spacial score (nSPS) is 28.4. The monoisotopic (exact) mass is 336 g/mol. The molecule has 2 aliphatic rings. The van der Waals surface area contributed by atoms with Crippen LogP contribution in [0, 0.1) is 5.92 Å². The molecule has 0 bridgehead atoms. The lowest BCUT2D eigenvalue weighted by Crippen LogP contribution is -2.33. The van der Waals surface area contributed by atoms with E-state index in [4.69, 9.17) is 5.73 Å². The third-order valence-electron chi connectivity index (χ3n) is 4.71. The summed E-state index contributed by atoms with van der Waals surface area (Å²) in [6.45, 7) is 0. The summed E-state index contributed by atoms with van der Waals surface area (Å²) in [5.74, 6) is 0.531. The Morgan fingerprint density at radius 2 is 2.20 bits per heavy atom. The zero-order chi connectivity index (χ0) is 14.1. The van der Waals surface area contributed by atoms with Gasteiger partial charge in [-0.2, -0.15) is 0 Å². The number of hydrogen-bond acceptors (Lipinski definition) is 2. The molecule has 1 saturated carbocycles. The van der Waals surface area contributed by atoms with Gasteiger partial charge in [-0.05, 0) is 48.8 Å². The molecule has 3 rings (SSSR count). The SMILES string of the molecule is N[C@@H]1CCC[C@H]1CC(=O)NC1CCc2c(Br)cccc21. The molecule has 1 unspecified atom stereocenters. The smallest absolute Gasteiger partial charge is 0.220 e.